The number of hydrogen-bond donors (Lipinski definition) is 1. The first-order chi connectivity index (χ1) is 7.74. The average molecular weight is 218 g/mol. The Morgan fingerprint density at radius 1 is 1.31 bits per heavy atom. The van der Waals surface area contributed by atoms with Crippen molar-refractivity contribution < 1.29 is 0 Å². The van der Waals surface area contributed by atoms with Crippen molar-refractivity contribution in [2.24, 2.45) is 5.92 Å². The van der Waals surface area contributed by atoms with Crippen molar-refractivity contribution in [3.63, 3.8) is 0 Å². The van der Waals surface area contributed by atoms with Gasteiger partial charge in [0.1, 0.15) is 0 Å². The Morgan fingerprint density at radius 2 is 2.06 bits per heavy atom. The zero-order valence-electron chi connectivity index (χ0n) is 10.4. The predicted octanol–water partition coefficient (Wildman–Crippen LogP) is 2.75. The van der Waals surface area contributed by atoms with Crippen molar-refractivity contribution in [1.29, 1.82) is 0 Å². The number of nitrogens with one attached hydrogen (secondary N) is 1. The molecule has 0 aromatic heterocycles. The lowest BCUT2D eigenvalue weighted by Crippen LogP contribution is -2.26. The molecule has 16 heavy (non-hydrogen) atoms. The minimum atomic E-state index is 0.888. The Balaban J connectivity index is 1.70. The summed E-state index contributed by atoms with van der Waals surface area (Å²) >= 11 is 0. The molecule has 1 aliphatic rings. The first-order valence-corrected chi connectivity index (χ1v) is 6.27. The third-order valence-electron chi connectivity index (χ3n) is 3.32. The molecule has 1 aromatic rings. The van der Waals surface area contributed by atoms with E-state index in [0.717, 1.165) is 19.0 Å². The maximum absolute atomic E-state index is 3.47. The van der Waals surface area contributed by atoms with E-state index in [2.05, 4.69) is 48.3 Å². The molecule has 0 aliphatic carbocycles. The summed E-state index contributed by atoms with van der Waals surface area (Å²) in [6.07, 6.45) is 1.37. The molecule has 0 bridgehead atoms. The third-order valence-corrected chi connectivity index (χ3v) is 3.32. The topological polar surface area (TPSA) is 15.3 Å². The maximum atomic E-state index is 3.47. The number of nitrogens with zero attached hydrogens (tertiary/aromatic N) is 1. The smallest absolute Gasteiger partial charge is 0.0340 e. The first-order valence-electron chi connectivity index (χ1n) is 6.27. The highest BCUT2D eigenvalue weighted by atomic mass is 15.2. The van der Waals surface area contributed by atoms with E-state index in [1.807, 2.05) is 0 Å². The van der Waals surface area contributed by atoms with Gasteiger partial charge >= 0.3 is 0 Å². The van der Waals surface area contributed by atoms with Crippen molar-refractivity contribution >= 4 is 5.69 Å². The van der Waals surface area contributed by atoms with Crippen molar-refractivity contribution in [2.45, 2.75) is 20.3 Å². The molecule has 1 aliphatic heterocycles. The fourth-order valence-electron chi connectivity index (χ4n) is 2.26. The monoisotopic (exact) mass is 218 g/mol. The molecule has 2 rings (SSSR count). The van der Waals surface area contributed by atoms with Crippen LogP contribution in [0.15, 0.2) is 24.3 Å². The number of hydrogen-bond acceptors (Lipinski definition) is 2. The van der Waals surface area contributed by atoms with Crippen molar-refractivity contribution in [1.82, 2.24) is 4.90 Å². The van der Waals surface area contributed by atoms with E-state index >= 15 is 0 Å². The van der Waals surface area contributed by atoms with Gasteiger partial charge in [-0.05, 0) is 37.9 Å². The maximum Gasteiger partial charge on any atom is 0.0340 e. The summed E-state index contributed by atoms with van der Waals surface area (Å²) in [4.78, 5) is 2.55. The van der Waals surface area contributed by atoms with E-state index < -0.39 is 0 Å². The van der Waals surface area contributed by atoms with Crippen LogP contribution in [0.2, 0.25) is 0 Å². The SMILES string of the molecule is Cc1ccc(NCCN2CCC(C)C2)cc1. The van der Waals surface area contributed by atoms with Gasteiger partial charge in [0, 0.05) is 25.3 Å². The summed E-state index contributed by atoms with van der Waals surface area (Å²) in [7, 11) is 0. The summed E-state index contributed by atoms with van der Waals surface area (Å²) in [5, 5.41) is 3.47. The molecule has 1 unspecified atom stereocenters. The molecule has 0 radical (unpaired) electrons. The number of anilines is 1. The quantitative estimate of drug-likeness (QED) is 0.836. The molecular weight excluding hydrogens is 196 g/mol. The van der Waals surface area contributed by atoms with E-state index in [9.17, 15) is 0 Å². The Bertz CT molecular complexity index is 318. The number of likely N-dealkylation sites (tertiary alicyclic amines) is 1. The van der Waals surface area contributed by atoms with Crippen LogP contribution in [0.25, 0.3) is 0 Å². The molecule has 0 spiro atoms. The van der Waals surface area contributed by atoms with E-state index in [-0.39, 0.29) is 0 Å². The van der Waals surface area contributed by atoms with Gasteiger partial charge in [-0.25, -0.2) is 0 Å². The molecule has 1 N–H and O–H groups in total. The van der Waals surface area contributed by atoms with Gasteiger partial charge in [0.05, 0.1) is 0 Å². The first kappa shape index (κ1) is 11.5. The Kier molecular flexibility index (Phi) is 3.83. The van der Waals surface area contributed by atoms with Crippen molar-refractivity contribution in [3.8, 4) is 0 Å². The van der Waals surface area contributed by atoms with Crippen LogP contribution < -0.4 is 5.32 Å². The third kappa shape index (κ3) is 3.24. The highest BCUT2D eigenvalue weighted by molar-refractivity contribution is 5.44. The summed E-state index contributed by atoms with van der Waals surface area (Å²) in [5.41, 5.74) is 2.55. The molecule has 2 nitrogen and oxygen atoms in total. The van der Waals surface area contributed by atoms with Gasteiger partial charge in [-0.2, -0.15) is 0 Å². The second kappa shape index (κ2) is 5.35. The normalized spacial score (nSPS) is 21.2. The van der Waals surface area contributed by atoms with Crippen LogP contribution in [0.4, 0.5) is 5.69 Å². The van der Waals surface area contributed by atoms with Crippen LogP contribution in [0.1, 0.15) is 18.9 Å². The molecule has 1 heterocycles. The predicted molar refractivity (Wildman–Crippen MR) is 69.9 cm³/mol. The molecule has 1 aromatic carbocycles. The van der Waals surface area contributed by atoms with Gasteiger partial charge in [0.25, 0.3) is 0 Å². The van der Waals surface area contributed by atoms with E-state index in [1.165, 1.54) is 30.8 Å². The second-order valence-corrected chi connectivity index (χ2v) is 4.99. The van der Waals surface area contributed by atoms with Gasteiger partial charge in [-0.3, -0.25) is 0 Å². The number of benzene rings is 1. The minimum absolute atomic E-state index is 0.888. The summed E-state index contributed by atoms with van der Waals surface area (Å²) in [5.74, 6) is 0.888. The van der Waals surface area contributed by atoms with Gasteiger partial charge in [0.15, 0.2) is 0 Å². The summed E-state index contributed by atoms with van der Waals surface area (Å²) < 4.78 is 0. The zero-order chi connectivity index (χ0) is 11.4. The van der Waals surface area contributed by atoms with Crippen LogP contribution in [-0.4, -0.2) is 31.1 Å². The van der Waals surface area contributed by atoms with Crippen LogP contribution in [0.3, 0.4) is 0 Å². The Hall–Kier alpha value is -1.02. The van der Waals surface area contributed by atoms with Gasteiger partial charge in [-0.1, -0.05) is 24.6 Å². The van der Waals surface area contributed by atoms with Crippen molar-refractivity contribution in [2.75, 3.05) is 31.5 Å². The molecule has 2 heteroatoms. The zero-order valence-corrected chi connectivity index (χ0v) is 10.4. The fraction of sp³-hybridized carbons (Fsp3) is 0.571. The van der Waals surface area contributed by atoms with E-state index in [0.29, 0.717) is 0 Å². The minimum Gasteiger partial charge on any atom is -0.384 e. The molecule has 0 saturated carbocycles. The molecule has 1 saturated heterocycles. The highest BCUT2D eigenvalue weighted by Crippen LogP contribution is 2.14. The fourth-order valence-corrected chi connectivity index (χ4v) is 2.26. The van der Waals surface area contributed by atoms with Crippen LogP contribution in [0.5, 0.6) is 0 Å². The van der Waals surface area contributed by atoms with E-state index in [1.54, 1.807) is 0 Å². The lowest BCUT2D eigenvalue weighted by atomic mass is 10.2. The lowest BCUT2D eigenvalue weighted by Gasteiger charge is -2.16. The van der Waals surface area contributed by atoms with Crippen LogP contribution >= 0.6 is 0 Å². The lowest BCUT2D eigenvalue weighted by molar-refractivity contribution is 0.341. The Labute approximate surface area is 98.7 Å². The highest BCUT2D eigenvalue weighted by Gasteiger charge is 2.17. The van der Waals surface area contributed by atoms with Gasteiger partial charge in [-0.15, -0.1) is 0 Å². The van der Waals surface area contributed by atoms with E-state index in [4.69, 9.17) is 0 Å². The summed E-state index contributed by atoms with van der Waals surface area (Å²) in [6.45, 7) is 9.23. The molecule has 1 fully saturated rings. The Morgan fingerprint density at radius 3 is 2.69 bits per heavy atom. The largest absolute Gasteiger partial charge is 0.384 e. The van der Waals surface area contributed by atoms with Crippen LogP contribution in [-0.2, 0) is 0 Å². The summed E-state index contributed by atoms with van der Waals surface area (Å²) in [6, 6.07) is 8.62. The second-order valence-electron chi connectivity index (χ2n) is 4.99. The number of aryl methyl sites for hydroxylation is 1. The molecular formula is C14H22N2. The molecule has 1 atom stereocenters. The molecule has 0 amide bonds. The van der Waals surface area contributed by atoms with Crippen molar-refractivity contribution in [3.05, 3.63) is 29.8 Å². The molecule has 88 valence electrons. The van der Waals surface area contributed by atoms with Crippen LogP contribution in [0, 0.1) is 12.8 Å². The van der Waals surface area contributed by atoms with Gasteiger partial charge < -0.3 is 10.2 Å². The average Bonchev–Trinajstić information content (AvgIpc) is 2.67. The number of rotatable bonds is 4. The standard InChI is InChI=1S/C14H22N2/c1-12-3-5-14(6-4-12)15-8-10-16-9-7-13(2)11-16/h3-6,13,15H,7-11H2,1-2H3. The van der Waals surface area contributed by atoms with Gasteiger partial charge in [0.2, 0.25) is 0 Å².